The molecular weight excluding hydrogens is 379 g/mol. The first-order valence-electron chi connectivity index (χ1n) is 11.4. The standard InChI is InChI=1S/C24H39BO5/c1-7-9-10-11-12-17-28-20-15-13-19(14-16-20)21(18-22(26)27-8-2)25-29-23(3,4)24(5,6)30-25/h13-16,21H,7-12,17-18H2,1-6H3. The zero-order valence-corrected chi connectivity index (χ0v) is 19.7. The molecule has 1 fully saturated rings. The van der Waals surface area contributed by atoms with Gasteiger partial charge in [0.1, 0.15) is 5.75 Å². The topological polar surface area (TPSA) is 54.0 Å². The summed E-state index contributed by atoms with van der Waals surface area (Å²) in [7, 11) is -0.509. The van der Waals surface area contributed by atoms with Crippen LogP contribution in [-0.4, -0.2) is 37.5 Å². The summed E-state index contributed by atoms with van der Waals surface area (Å²) in [6, 6.07) is 7.93. The smallest absolute Gasteiger partial charge is 0.466 e. The van der Waals surface area contributed by atoms with E-state index in [4.69, 9.17) is 18.8 Å². The Hall–Kier alpha value is -1.53. The highest BCUT2D eigenvalue weighted by atomic mass is 16.7. The fourth-order valence-corrected chi connectivity index (χ4v) is 3.53. The number of rotatable bonds is 12. The number of hydrogen-bond donors (Lipinski definition) is 0. The second-order valence-corrected chi connectivity index (χ2v) is 9.07. The molecule has 5 nitrogen and oxygen atoms in total. The van der Waals surface area contributed by atoms with Gasteiger partial charge in [-0.3, -0.25) is 4.79 Å². The summed E-state index contributed by atoms with van der Waals surface area (Å²) >= 11 is 0. The third-order valence-electron chi connectivity index (χ3n) is 6.12. The lowest BCUT2D eigenvalue weighted by atomic mass is 9.66. The van der Waals surface area contributed by atoms with Crippen LogP contribution in [0.1, 0.15) is 91.4 Å². The van der Waals surface area contributed by atoms with E-state index in [9.17, 15) is 4.79 Å². The van der Waals surface area contributed by atoms with Crippen molar-refractivity contribution in [1.29, 1.82) is 0 Å². The normalized spacial score (nSPS) is 18.3. The van der Waals surface area contributed by atoms with Gasteiger partial charge in [0, 0.05) is 5.82 Å². The van der Waals surface area contributed by atoms with Gasteiger partial charge in [0.2, 0.25) is 0 Å². The minimum absolute atomic E-state index is 0.211. The zero-order chi connectivity index (χ0) is 22.2. The van der Waals surface area contributed by atoms with Crippen LogP contribution in [0.3, 0.4) is 0 Å². The zero-order valence-electron chi connectivity index (χ0n) is 19.7. The Morgan fingerprint density at radius 3 is 2.13 bits per heavy atom. The number of carbonyl (C=O) groups excluding carboxylic acids is 1. The first-order valence-corrected chi connectivity index (χ1v) is 11.4. The molecule has 6 heteroatoms. The summed E-state index contributed by atoms with van der Waals surface area (Å²) in [5, 5.41) is 0. The van der Waals surface area contributed by atoms with Crippen molar-refractivity contribution in [3.8, 4) is 5.75 Å². The Kier molecular flexibility index (Phi) is 9.23. The maximum Gasteiger partial charge on any atom is 0.466 e. The van der Waals surface area contributed by atoms with Crippen molar-refractivity contribution in [3.63, 3.8) is 0 Å². The average molecular weight is 418 g/mol. The van der Waals surface area contributed by atoms with E-state index in [-0.39, 0.29) is 18.2 Å². The lowest BCUT2D eigenvalue weighted by Crippen LogP contribution is -2.41. The summed E-state index contributed by atoms with van der Waals surface area (Å²) < 4.78 is 23.6. The highest BCUT2D eigenvalue weighted by molar-refractivity contribution is 6.48. The molecule has 1 unspecified atom stereocenters. The van der Waals surface area contributed by atoms with Crippen LogP contribution in [0.15, 0.2) is 24.3 Å². The van der Waals surface area contributed by atoms with Crippen LogP contribution >= 0.6 is 0 Å². The molecule has 0 aromatic heterocycles. The minimum atomic E-state index is -0.509. The van der Waals surface area contributed by atoms with E-state index < -0.39 is 18.3 Å². The van der Waals surface area contributed by atoms with Crippen molar-refractivity contribution in [2.24, 2.45) is 0 Å². The second-order valence-electron chi connectivity index (χ2n) is 9.07. The van der Waals surface area contributed by atoms with Gasteiger partial charge in [-0.25, -0.2) is 0 Å². The van der Waals surface area contributed by atoms with Crippen LogP contribution in [0.5, 0.6) is 5.75 Å². The van der Waals surface area contributed by atoms with Crippen LogP contribution in [0.4, 0.5) is 0 Å². The predicted octanol–water partition coefficient (Wildman–Crippen LogP) is 5.70. The van der Waals surface area contributed by atoms with Gasteiger partial charge in [0.15, 0.2) is 0 Å². The molecule has 30 heavy (non-hydrogen) atoms. The van der Waals surface area contributed by atoms with Crippen molar-refractivity contribution >= 4 is 13.1 Å². The van der Waals surface area contributed by atoms with Crippen molar-refractivity contribution in [3.05, 3.63) is 29.8 Å². The van der Waals surface area contributed by atoms with Crippen molar-refractivity contribution in [1.82, 2.24) is 0 Å². The van der Waals surface area contributed by atoms with Crippen LogP contribution < -0.4 is 4.74 Å². The van der Waals surface area contributed by atoms with Gasteiger partial charge < -0.3 is 18.8 Å². The maximum atomic E-state index is 12.3. The number of esters is 1. The van der Waals surface area contributed by atoms with E-state index in [1.165, 1.54) is 25.7 Å². The Labute approximate surface area is 183 Å². The van der Waals surface area contributed by atoms with Gasteiger partial charge in [0.25, 0.3) is 0 Å². The fourth-order valence-electron chi connectivity index (χ4n) is 3.53. The molecule has 0 bridgehead atoms. The molecule has 1 aliphatic heterocycles. The van der Waals surface area contributed by atoms with Crippen LogP contribution in [0.2, 0.25) is 0 Å². The first kappa shape index (κ1) is 24.7. The van der Waals surface area contributed by atoms with E-state index in [1.54, 1.807) is 0 Å². The number of benzene rings is 1. The van der Waals surface area contributed by atoms with Gasteiger partial charge in [0.05, 0.1) is 30.8 Å². The summed E-state index contributed by atoms with van der Waals surface area (Å²) in [4.78, 5) is 12.3. The molecule has 1 aliphatic rings. The van der Waals surface area contributed by atoms with E-state index in [2.05, 4.69) is 6.92 Å². The summed E-state index contributed by atoms with van der Waals surface area (Å²) in [5.41, 5.74) is 0.0773. The molecule has 1 atom stereocenters. The molecular formula is C24H39BO5. The molecule has 0 radical (unpaired) electrons. The van der Waals surface area contributed by atoms with Crippen LogP contribution in [0, 0.1) is 0 Å². The van der Waals surface area contributed by atoms with E-state index in [0.717, 1.165) is 24.3 Å². The highest BCUT2D eigenvalue weighted by Crippen LogP contribution is 2.42. The molecule has 0 amide bonds. The minimum Gasteiger partial charge on any atom is -0.494 e. The maximum absolute atomic E-state index is 12.3. The van der Waals surface area contributed by atoms with Gasteiger partial charge in [-0.05, 0) is 58.7 Å². The number of carbonyl (C=O) groups is 1. The van der Waals surface area contributed by atoms with Crippen molar-refractivity contribution in [2.75, 3.05) is 13.2 Å². The van der Waals surface area contributed by atoms with Gasteiger partial charge in [-0.15, -0.1) is 0 Å². The molecule has 2 rings (SSSR count). The molecule has 0 aliphatic carbocycles. The molecule has 0 saturated carbocycles. The van der Waals surface area contributed by atoms with Gasteiger partial charge in [-0.2, -0.15) is 0 Å². The Bertz CT molecular complexity index is 640. The quantitative estimate of drug-likeness (QED) is 0.247. The molecule has 0 spiro atoms. The van der Waals surface area contributed by atoms with Crippen LogP contribution in [0.25, 0.3) is 0 Å². The molecule has 0 N–H and O–H groups in total. The van der Waals surface area contributed by atoms with Gasteiger partial charge in [-0.1, -0.05) is 44.7 Å². The monoisotopic (exact) mass is 418 g/mol. The largest absolute Gasteiger partial charge is 0.494 e. The Morgan fingerprint density at radius 2 is 1.57 bits per heavy atom. The molecule has 1 heterocycles. The SMILES string of the molecule is CCCCCCCOc1ccc(C(CC(=O)OCC)B2OC(C)(C)C(C)(C)O2)cc1. The molecule has 1 aromatic carbocycles. The number of unbranched alkanes of at least 4 members (excludes halogenated alkanes) is 4. The fraction of sp³-hybridized carbons (Fsp3) is 0.708. The summed E-state index contributed by atoms with van der Waals surface area (Å²) in [6.07, 6.45) is 6.29. The van der Waals surface area contributed by atoms with E-state index >= 15 is 0 Å². The summed E-state index contributed by atoms with van der Waals surface area (Å²) in [6.45, 7) is 13.2. The van der Waals surface area contributed by atoms with Gasteiger partial charge >= 0.3 is 13.1 Å². The van der Waals surface area contributed by atoms with Crippen molar-refractivity contribution in [2.45, 2.75) is 97.1 Å². The molecule has 168 valence electrons. The lowest BCUT2D eigenvalue weighted by molar-refractivity contribution is -0.143. The predicted molar refractivity (Wildman–Crippen MR) is 121 cm³/mol. The Morgan fingerprint density at radius 1 is 0.967 bits per heavy atom. The van der Waals surface area contributed by atoms with E-state index in [1.807, 2.05) is 58.9 Å². The Balaban J connectivity index is 2.04. The van der Waals surface area contributed by atoms with Crippen molar-refractivity contribution < 1.29 is 23.6 Å². The third kappa shape index (κ3) is 6.74. The highest BCUT2D eigenvalue weighted by Gasteiger charge is 2.54. The average Bonchev–Trinajstić information content (AvgIpc) is 2.90. The van der Waals surface area contributed by atoms with E-state index in [0.29, 0.717) is 6.61 Å². The second kappa shape index (κ2) is 11.2. The number of ether oxygens (including phenoxy) is 2. The first-order chi connectivity index (χ1) is 14.2. The van der Waals surface area contributed by atoms with Crippen LogP contribution in [-0.2, 0) is 18.8 Å². The number of hydrogen-bond acceptors (Lipinski definition) is 5. The molecule has 1 aromatic rings. The summed E-state index contributed by atoms with van der Waals surface area (Å²) in [5.74, 6) is 0.357. The molecule has 1 saturated heterocycles. The third-order valence-corrected chi connectivity index (χ3v) is 6.12. The lowest BCUT2D eigenvalue weighted by Gasteiger charge is -2.32.